The molecule has 0 radical (unpaired) electrons. The van der Waals surface area contributed by atoms with Gasteiger partial charge in [0.2, 0.25) is 0 Å². The number of fused-ring (bicyclic) bond motifs is 1. The molecule has 0 spiro atoms. The first-order chi connectivity index (χ1) is 17.0. The monoisotopic (exact) mass is 489 g/mol. The number of amides is 2. The van der Waals surface area contributed by atoms with Crippen molar-refractivity contribution in [2.75, 3.05) is 18.0 Å². The fraction of sp³-hybridized carbons (Fsp3) is 0.333. The van der Waals surface area contributed by atoms with Crippen LogP contribution in [0.3, 0.4) is 0 Å². The Morgan fingerprint density at radius 1 is 1.11 bits per heavy atom. The average molecular weight is 490 g/mol. The largest absolute Gasteiger partial charge is 0.449 e. The molecule has 36 heavy (non-hydrogen) atoms. The molecule has 4 aromatic rings. The van der Waals surface area contributed by atoms with E-state index in [4.69, 9.17) is 9.40 Å². The Kier molecular flexibility index (Phi) is 5.46. The molecule has 9 heteroatoms. The number of carbonyl (C=O) groups is 2. The summed E-state index contributed by atoms with van der Waals surface area (Å²) < 4.78 is 19.6. The van der Waals surface area contributed by atoms with E-state index < -0.39 is 5.54 Å². The minimum absolute atomic E-state index is 0.120. The standard InChI is InChI=1S/C27H28FN5O3/c1-26(2,3)18-14-19(16-6-8-17(28)9-7-16)30-20-15-21(36-23(18)20)24(34)33-13-12-32(22-10-11-29-31-22)25(35)27(33,4)5/h6-11,14-15H,12-13H2,1-5H3,(H,29,31). The number of aromatic amines is 1. The van der Waals surface area contributed by atoms with Gasteiger partial charge in [0.25, 0.3) is 11.8 Å². The highest BCUT2D eigenvalue weighted by Crippen LogP contribution is 2.36. The van der Waals surface area contributed by atoms with Crippen LogP contribution in [0.2, 0.25) is 0 Å². The van der Waals surface area contributed by atoms with Crippen molar-refractivity contribution >= 4 is 28.7 Å². The summed E-state index contributed by atoms with van der Waals surface area (Å²) in [5.74, 6) is -0.198. The zero-order valence-electron chi connectivity index (χ0n) is 20.9. The summed E-state index contributed by atoms with van der Waals surface area (Å²) >= 11 is 0. The Balaban J connectivity index is 1.53. The third-order valence-electron chi connectivity index (χ3n) is 6.65. The van der Waals surface area contributed by atoms with Gasteiger partial charge in [-0.1, -0.05) is 20.8 Å². The van der Waals surface area contributed by atoms with E-state index in [2.05, 4.69) is 31.0 Å². The molecule has 3 aromatic heterocycles. The smallest absolute Gasteiger partial charge is 0.290 e. The predicted molar refractivity (Wildman–Crippen MR) is 134 cm³/mol. The van der Waals surface area contributed by atoms with Gasteiger partial charge in [0.1, 0.15) is 22.7 Å². The molecule has 0 aliphatic carbocycles. The molecule has 0 bridgehead atoms. The lowest BCUT2D eigenvalue weighted by molar-refractivity contribution is -0.129. The van der Waals surface area contributed by atoms with Gasteiger partial charge in [0.15, 0.2) is 11.3 Å². The van der Waals surface area contributed by atoms with Crippen molar-refractivity contribution in [3.63, 3.8) is 0 Å². The molecule has 0 atom stereocenters. The fourth-order valence-corrected chi connectivity index (χ4v) is 4.60. The van der Waals surface area contributed by atoms with E-state index in [1.165, 1.54) is 17.0 Å². The van der Waals surface area contributed by atoms with Crippen molar-refractivity contribution in [3.05, 3.63) is 65.8 Å². The number of furan rings is 1. The van der Waals surface area contributed by atoms with Crippen molar-refractivity contribution in [2.45, 2.75) is 45.6 Å². The molecule has 186 valence electrons. The summed E-state index contributed by atoms with van der Waals surface area (Å²) in [6.45, 7) is 10.3. The molecule has 2 amide bonds. The van der Waals surface area contributed by atoms with Crippen LogP contribution in [0, 0.1) is 5.82 Å². The molecule has 4 heterocycles. The lowest BCUT2D eigenvalue weighted by Crippen LogP contribution is -2.64. The summed E-state index contributed by atoms with van der Waals surface area (Å²) in [6.07, 6.45) is 1.58. The van der Waals surface area contributed by atoms with E-state index >= 15 is 0 Å². The summed E-state index contributed by atoms with van der Waals surface area (Å²) in [5.41, 5.74) is 1.96. The Morgan fingerprint density at radius 3 is 2.47 bits per heavy atom. The van der Waals surface area contributed by atoms with Gasteiger partial charge in [-0.05, 0) is 49.6 Å². The highest BCUT2D eigenvalue weighted by Gasteiger charge is 2.46. The minimum atomic E-state index is -1.10. The van der Waals surface area contributed by atoms with Crippen LogP contribution >= 0.6 is 0 Å². The summed E-state index contributed by atoms with van der Waals surface area (Å²) in [4.78, 5) is 34.8. The molecule has 0 saturated carbocycles. The lowest BCUT2D eigenvalue weighted by Gasteiger charge is -2.44. The van der Waals surface area contributed by atoms with Crippen molar-refractivity contribution < 1.29 is 18.4 Å². The summed E-state index contributed by atoms with van der Waals surface area (Å²) in [6, 6.07) is 11.4. The number of nitrogens with zero attached hydrogens (tertiary/aromatic N) is 4. The summed E-state index contributed by atoms with van der Waals surface area (Å²) in [5, 5.41) is 6.74. The molecule has 1 N–H and O–H groups in total. The van der Waals surface area contributed by atoms with Crippen LogP contribution in [-0.4, -0.2) is 50.5 Å². The number of anilines is 1. The second-order valence-corrected chi connectivity index (χ2v) is 10.6. The van der Waals surface area contributed by atoms with Crippen LogP contribution in [0.1, 0.15) is 50.7 Å². The van der Waals surface area contributed by atoms with Gasteiger partial charge in [0, 0.05) is 36.3 Å². The number of pyridine rings is 1. The summed E-state index contributed by atoms with van der Waals surface area (Å²) in [7, 11) is 0. The lowest BCUT2D eigenvalue weighted by atomic mass is 9.86. The number of rotatable bonds is 3. The van der Waals surface area contributed by atoms with Crippen molar-refractivity contribution in [1.29, 1.82) is 0 Å². The molecule has 1 aliphatic heterocycles. The van der Waals surface area contributed by atoms with Crippen LogP contribution in [0.4, 0.5) is 10.2 Å². The number of hydrogen-bond donors (Lipinski definition) is 1. The Hall–Kier alpha value is -4.01. The topological polar surface area (TPSA) is 95.3 Å². The number of carbonyl (C=O) groups excluding carboxylic acids is 2. The van der Waals surface area contributed by atoms with Gasteiger partial charge in [-0.2, -0.15) is 5.10 Å². The first-order valence-corrected chi connectivity index (χ1v) is 11.8. The SMILES string of the molecule is CC(C)(C)c1cc(-c2ccc(F)cc2)nc2cc(C(=O)N3CCN(c4ccn[nH]4)C(=O)C3(C)C)oc12. The van der Waals surface area contributed by atoms with Crippen LogP contribution < -0.4 is 4.90 Å². The highest BCUT2D eigenvalue weighted by molar-refractivity contribution is 6.05. The van der Waals surface area contributed by atoms with E-state index in [0.717, 1.165) is 11.1 Å². The van der Waals surface area contributed by atoms with Crippen LogP contribution in [0.25, 0.3) is 22.4 Å². The van der Waals surface area contributed by atoms with Gasteiger partial charge in [-0.3, -0.25) is 19.6 Å². The Bertz CT molecular complexity index is 1450. The maximum atomic E-state index is 13.6. The first kappa shape index (κ1) is 23.7. The van der Waals surface area contributed by atoms with Gasteiger partial charge in [0.05, 0.1) is 11.9 Å². The van der Waals surface area contributed by atoms with Gasteiger partial charge < -0.3 is 9.32 Å². The number of aromatic nitrogens is 3. The Morgan fingerprint density at radius 2 is 1.83 bits per heavy atom. The van der Waals surface area contributed by atoms with Crippen molar-refractivity contribution in [1.82, 2.24) is 20.1 Å². The van der Waals surface area contributed by atoms with E-state index in [9.17, 15) is 14.0 Å². The van der Waals surface area contributed by atoms with E-state index in [-0.39, 0.29) is 28.8 Å². The number of H-pyrrole nitrogens is 1. The fourth-order valence-electron chi connectivity index (χ4n) is 4.60. The molecule has 5 rings (SSSR count). The molecule has 8 nitrogen and oxygen atoms in total. The van der Waals surface area contributed by atoms with Gasteiger partial charge in [-0.15, -0.1) is 0 Å². The predicted octanol–water partition coefficient (Wildman–Crippen LogP) is 4.92. The zero-order chi connectivity index (χ0) is 25.8. The van der Waals surface area contributed by atoms with E-state index in [1.807, 2.05) is 6.07 Å². The van der Waals surface area contributed by atoms with Gasteiger partial charge in [-0.25, -0.2) is 9.37 Å². The van der Waals surface area contributed by atoms with E-state index in [1.54, 1.807) is 49.2 Å². The van der Waals surface area contributed by atoms with E-state index in [0.29, 0.717) is 35.7 Å². The third kappa shape index (κ3) is 3.94. The Labute approximate surface area is 208 Å². The maximum absolute atomic E-state index is 13.6. The highest BCUT2D eigenvalue weighted by atomic mass is 19.1. The van der Waals surface area contributed by atoms with Crippen molar-refractivity contribution in [2.24, 2.45) is 0 Å². The van der Waals surface area contributed by atoms with Crippen LogP contribution in [0.5, 0.6) is 0 Å². The minimum Gasteiger partial charge on any atom is -0.449 e. The molecule has 1 saturated heterocycles. The normalized spacial score (nSPS) is 16.1. The average Bonchev–Trinajstić information content (AvgIpc) is 3.49. The third-order valence-corrected chi connectivity index (χ3v) is 6.65. The first-order valence-electron chi connectivity index (χ1n) is 11.8. The second-order valence-electron chi connectivity index (χ2n) is 10.6. The second kappa shape index (κ2) is 8.29. The molecule has 0 unspecified atom stereocenters. The molecule has 1 aromatic carbocycles. The zero-order valence-corrected chi connectivity index (χ0v) is 20.9. The molecule has 1 fully saturated rings. The number of halogens is 1. The maximum Gasteiger partial charge on any atom is 0.290 e. The molecular weight excluding hydrogens is 461 g/mol. The number of benzene rings is 1. The van der Waals surface area contributed by atoms with Crippen molar-refractivity contribution in [3.8, 4) is 11.3 Å². The van der Waals surface area contributed by atoms with Crippen LogP contribution in [0.15, 0.2) is 53.1 Å². The number of nitrogens with one attached hydrogen (secondary N) is 1. The number of piperazine rings is 1. The van der Waals surface area contributed by atoms with Gasteiger partial charge >= 0.3 is 0 Å². The molecule has 1 aliphatic rings. The quantitative estimate of drug-likeness (QED) is 0.441. The number of hydrogen-bond acceptors (Lipinski definition) is 5. The molecular formula is C27H28FN5O3. The van der Waals surface area contributed by atoms with Crippen LogP contribution in [-0.2, 0) is 10.2 Å².